The van der Waals surface area contributed by atoms with E-state index in [0.717, 1.165) is 12.1 Å². The molecule has 0 heterocycles. The summed E-state index contributed by atoms with van der Waals surface area (Å²) in [5.41, 5.74) is 2.00. The van der Waals surface area contributed by atoms with Gasteiger partial charge in [-0.05, 0) is 12.5 Å². The van der Waals surface area contributed by atoms with E-state index in [1.165, 1.54) is 5.56 Å². The van der Waals surface area contributed by atoms with Gasteiger partial charge in [-0.15, -0.1) is 0 Å². The van der Waals surface area contributed by atoms with Crippen molar-refractivity contribution in [2.24, 2.45) is 0 Å². The zero-order valence-electron chi connectivity index (χ0n) is 9.29. The van der Waals surface area contributed by atoms with Crippen LogP contribution in [0.1, 0.15) is 25.8 Å². The highest BCUT2D eigenvalue weighted by Crippen LogP contribution is 1.99. The van der Waals surface area contributed by atoms with Crippen LogP contribution >= 0.6 is 0 Å². The van der Waals surface area contributed by atoms with Crippen LogP contribution in [-0.4, -0.2) is 5.78 Å². The van der Waals surface area contributed by atoms with Gasteiger partial charge in [0.1, 0.15) is 0 Å². The van der Waals surface area contributed by atoms with Crippen molar-refractivity contribution < 1.29 is 4.79 Å². The topological polar surface area (TPSA) is 29.1 Å². The van der Waals surface area contributed by atoms with Gasteiger partial charge in [-0.2, -0.15) is 0 Å². The number of carbonyl (C=O) groups excluding carboxylic acids is 1. The lowest BCUT2D eigenvalue weighted by atomic mass is 10.1. The lowest BCUT2D eigenvalue weighted by Gasteiger charge is -2.02. The van der Waals surface area contributed by atoms with Crippen molar-refractivity contribution in [3.63, 3.8) is 0 Å². The molecule has 1 rings (SSSR count). The average Bonchev–Trinajstić information content (AvgIpc) is 2.29. The molecule has 2 heteroatoms. The molecule has 0 aliphatic heterocycles. The van der Waals surface area contributed by atoms with E-state index in [1.807, 2.05) is 32.0 Å². The summed E-state index contributed by atoms with van der Waals surface area (Å²) in [6, 6.07) is 10.1. The Hall–Kier alpha value is -1.57. The van der Waals surface area contributed by atoms with Crippen LogP contribution in [-0.2, 0) is 11.3 Å². The van der Waals surface area contributed by atoms with Gasteiger partial charge in [0.25, 0.3) is 0 Å². The summed E-state index contributed by atoms with van der Waals surface area (Å²) in [6.07, 6.45) is 2.36. The molecule has 80 valence electrons. The summed E-state index contributed by atoms with van der Waals surface area (Å²) in [7, 11) is 0. The van der Waals surface area contributed by atoms with Gasteiger partial charge in [-0.1, -0.05) is 37.3 Å². The quantitative estimate of drug-likeness (QED) is 0.745. The Kier molecular flexibility index (Phi) is 4.61. The molecule has 0 amide bonds. The first-order valence-electron chi connectivity index (χ1n) is 5.21. The normalized spacial score (nSPS) is 11.2. The highest BCUT2D eigenvalue weighted by molar-refractivity contribution is 5.94. The summed E-state index contributed by atoms with van der Waals surface area (Å²) in [5, 5.41) is 3.13. The van der Waals surface area contributed by atoms with E-state index in [2.05, 4.69) is 17.4 Å². The molecule has 0 unspecified atom stereocenters. The molecule has 0 saturated carbocycles. The first kappa shape index (κ1) is 11.5. The third-order valence-electron chi connectivity index (χ3n) is 2.23. The van der Waals surface area contributed by atoms with E-state index < -0.39 is 0 Å². The second-order valence-corrected chi connectivity index (χ2v) is 3.47. The van der Waals surface area contributed by atoms with Crippen molar-refractivity contribution >= 4 is 5.78 Å². The molecule has 0 aromatic heterocycles. The number of carbonyl (C=O) groups is 1. The zero-order valence-corrected chi connectivity index (χ0v) is 9.29. The maximum Gasteiger partial charge on any atom is 0.159 e. The summed E-state index contributed by atoms with van der Waals surface area (Å²) in [6.45, 7) is 4.47. The van der Waals surface area contributed by atoms with Gasteiger partial charge in [-0.25, -0.2) is 0 Å². The van der Waals surface area contributed by atoms with Crippen LogP contribution in [0.3, 0.4) is 0 Å². The summed E-state index contributed by atoms with van der Waals surface area (Å²) in [5.74, 6) is 0.190. The van der Waals surface area contributed by atoms with Crippen molar-refractivity contribution in [2.75, 3.05) is 0 Å². The molecule has 0 fully saturated rings. The number of benzene rings is 1. The Bertz CT molecular complexity index is 341. The van der Waals surface area contributed by atoms with E-state index in [-0.39, 0.29) is 5.78 Å². The molecule has 15 heavy (non-hydrogen) atoms. The Morgan fingerprint density at radius 2 is 2.00 bits per heavy atom. The van der Waals surface area contributed by atoms with Crippen LogP contribution in [0.4, 0.5) is 0 Å². The fourth-order valence-electron chi connectivity index (χ4n) is 1.28. The number of hydrogen-bond donors (Lipinski definition) is 1. The predicted molar refractivity (Wildman–Crippen MR) is 62.3 cm³/mol. The maximum atomic E-state index is 11.2. The number of allylic oxidation sites excluding steroid dienone is 1. The predicted octanol–water partition coefficient (Wildman–Crippen LogP) is 2.66. The molecular weight excluding hydrogens is 186 g/mol. The Morgan fingerprint density at radius 3 is 2.60 bits per heavy atom. The second kappa shape index (κ2) is 6.02. The van der Waals surface area contributed by atoms with Gasteiger partial charge >= 0.3 is 0 Å². The molecule has 0 aliphatic rings. The molecule has 1 N–H and O–H groups in total. The largest absolute Gasteiger partial charge is 0.386 e. The lowest BCUT2D eigenvalue weighted by molar-refractivity contribution is -0.115. The van der Waals surface area contributed by atoms with Crippen LogP contribution in [0.25, 0.3) is 0 Å². The Morgan fingerprint density at radius 1 is 1.33 bits per heavy atom. The summed E-state index contributed by atoms with van der Waals surface area (Å²) in [4.78, 5) is 11.2. The fraction of sp³-hybridized carbons (Fsp3) is 0.308. The number of rotatable bonds is 5. The minimum atomic E-state index is 0.190. The van der Waals surface area contributed by atoms with Crippen molar-refractivity contribution in [1.82, 2.24) is 5.32 Å². The molecule has 0 aliphatic carbocycles. The van der Waals surface area contributed by atoms with Crippen molar-refractivity contribution in [2.45, 2.75) is 26.8 Å². The number of Topliss-reactive ketones (excluding diaryl/α,β-unsaturated/α-hetero) is 1. The molecule has 1 aromatic rings. The first-order chi connectivity index (χ1) is 7.24. The lowest BCUT2D eigenvalue weighted by Crippen LogP contribution is -2.08. The van der Waals surface area contributed by atoms with Crippen LogP contribution < -0.4 is 5.32 Å². The molecule has 0 spiro atoms. The Balaban J connectivity index is 2.42. The third-order valence-corrected chi connectivity index (χ3v) is 2.23. The van der Waals surface area contributed by atoms with E-state index in [1.54, 1.807) is 6.20 Å². The fourth-order valence-corrected chi connectivity index (χ4v) is 1.28. The average molecular weight is 203 g/mol. The standard InChI is InChI=1S/C13H17NO/c1-3-13(15)11(2)9-14-10-12-7-5-4-6-8-12/h4-9,14H,3,10H2,1-2H3/b11-9-. The van der Waals surface area contributed by atoms with Gasteiger partial charge < -0.3 is 5.32 Å². The van der Waals surface area contributed by atoms with Crippen LogP contribution in [0.2, 0.25) is 0 Å². The molecule has 0 atom stereocenters. The maximum absolute atomic E-state index is 11.2. The number of nitrogens with one attached hydrogen (secondary N) is 1. The highest BCUT2D eigenvalue weighted by Gasteiger charge is 1.99. The van der Waals surface area contributed by atoms with E-state index in [0.29, 0.717) is 6.42 Å². The minimum absolute atomic E-state index is 0.190. The summed E-state index contributed by atoms with van der Waals surface area (Å²) >= 11 is 0. The molecule has 0 bridgehead atoms. The molecule has 0 radical (unpaired) electrons. The zero-order chi connectivity index (χ0) is 11.1. The van der Waals surface area contributed by atoms with Gasteiger partial charge in [0, 0.05) is 24.7 Å². The molecule has 0 saturated heterocycles. The Labute approximate surface area is 91.0 Å². The monoisotopic (exact) mass is 203 g/mol. The van der Waals surface area contributed by atoms with Crippen LogP contribution in [0.15, 0.2) is 42.1 Å². The van der Waals surface area contributed by atoms with Crippen molar-refractivity contribution in [3.05, 3.63) is 47.7 Å². The van der Waals surface area contributed by atoms with E-state index in [4.69, 9.17) is 0 Å². The SMILES string of the molecule is CCC(=O)/C(C)=C\NCc1ccccc1. The highest BCUT2D eigenvalue weighted by atomic mass is 16.1. The van der Waals surface area contributed by atoms with E-state index >= 15 is 0 Å². The smallest absolute Gasteiger partial charge is 0.159 e. The van der Waals surface area contributed by atoms with Crippen molar-refractivity contribution in [1.29, 1.82) is 0 Å². The minimum Gasteiger partial charge on any atom is -0.386 e. The van der Waals surface area contributed by atoms with Crippen molar-refractivity contribution in [3.8, 4) is 0 Å². The number of hydrogen-bond acceptors (Lipinski definition) is 2. The number of ketones is 1. The van der Waals surface area contributed by atoms with Gasteiger partial charge in [-0.3, -0.25) is 4.79 Å². The molecule has 1 aromatic carbocycles. The summed E-state index contributed by atoms with van der Waals surface area (Å²) < 4.78 is 0. The first-order valence-corrected chi connectivity index (χ1v) is 5.21. The molecular formula is C13H17NO. The second-order valence-electron chi connectivity index (χ2n) is 3.47. The molecule has 2 nitrogen and oxygen atoms in total. The van der Waals surface area contributed by atoms with Gasteiger partial charge in [0.05, 0.1) is 0 Å². The van der Waals surface area contributed by atoms with Crippen LogP contribution in [0.5, 0.6) is 0 Å². The van der Waals surface area contributed by atoms with E-state index in [9.17, 15) is 4.79 Å². The van der Waals surface area contributed by atoms with Gasteiger partial charge in [0.2, 0.25) is 0 Å². The third kappa shape index (κ3) is 3.98. The van der Waals surface area contributed by atoms with Gasteiger partial charge in [0.15, 0.2) is 5.78 Å². The van der Waals surface area contributed by atoms with Crippen LogP contribution in [0, 0.1) is 0 Å².